The van der Waals surface area contributed by atoms with E-state index in [4.69, 9.17) is 4.74 Å². The first-order chi connectivity index (χ1) is 11.5. The number of carbonyl (C=O) groups excluding carboxylic acids is 1. The first-order valence-electron chi connectivity index (χ1n) is 6.66. The van der Waals surface area contributed by atoms with Gasteiger partial charge < -0.3 is 9.94 Å². The Hall–Kier alpha value is -3.20. The molecular formula is C15H10N2O6S. The average Bonchev–Trinajstić information content (AvgIpc) is 2.97. The summed E-state index contributed by atoms with van der Waals surface area (Å²) in [6.07, 6.45) is 0.534. The molecule has 0 spiro atoms. The number of para-hydroxylation sites is 1. The van der Waals surface area contributed by atoms with Crippen molar-refractivity contribution in [2.45, 2.75) is 9.92 Å². The van der Waals surface area contributed by atoms with Crippen LogP contribution in [0.5, 0.6) is 11.6 Å². The summed E-state index contributed by atoms with van der Waals surface area (Å²) in [5, 5.41) is 14.3. The standard InChI is InChI=1S/C15H10N2O6S/c18-10-11-6-4-5-9-13(11)22-14-15(17(19)23-16-14)24(20,21)12-7-2-1-3-8-12/h1-10H. The third-order valence-electron chi connectivity index (χ3n) is 3.11. The van der Waals surface area contributed by atoms with Crippen molar-refractivity contribution in [1.82, 2.24) is 5.16 Å². The zero-order valence-corrected chi connectivity index (χ0v) is 12.8. The minimum atomic E-state index is -4.22. The number of hydrogen-bond acceptors (Lipinski definition) is 7. The zero-order chi connectivity index (χ0) is 17.2. The fourth-order valence-electron chi connectivity index (χ4n) is 1.99. The molecule has 0 amide bonds. The Morgan fingerprint density at radius 3 is 2.46 bits per heavy atom. The lowest BCUT2D eigenvalue weighted by atomic mass is 10.2. The molecule has 0 saturated carbocycles. The van der Waals surface area contributed by atoms with Crippen molar-refractivity contribution in [2.75, 3.05) is 0 Å². The van der Waals surface area contributed by atoms with E-state index < -0.39 is 20.7 Å². The summed E-state index contributed by atoms with van der Waals surface area (Å²) in [5.74, 6) is -0.505. The highest BCUT2D eigenvalue weighted by Gasteiger charge is 2.36. The van der Waals surface area contributed by atoms with Gasteiger partial charge >= 0.3 is 10.9 Å². The lowest BCUT2D eigenvalue weighted by Gasteiger charge is -2.04. The van der Waals surface area contributed by atoms with E-state index in [0.717, 1.165) is 0 Å². The molecule has 24 heavy (non-hydrogen) atoms. The molecule has 0 radical (unpaired) electrons. The van der Waals surface area contributed by atoms with Gasteiger partial charge in [0.25, 0.3) is 9.84 Å². The molecular weight excluding hydrogens is 336 g/mol. The van der Waals surface area contributed by atoms with Gasteiger partial charge in [0.1, 0.15) is 5.75 Å². The maximum atomic E-state index is 12.6. The van der Waals surface area contributed by atoms with Crippen LogP contribution in [-0.4, -0.2) is 19.9 Å². The van der Waals surface area contributed by atoms with Gasteiger partial charge in [0.05, 0.1) is 15.6 Å². The van der Waals surface area contributed by atoms with Crippen molar-refractivity contribution in [1.29, 1.82) is 0 Å². The summed E-state index contributed by atoms with van der Waals surface area (Å²) in [6.45, 7) is 0. The van der Waals surface area contributed by atoms with Crippen LogP contribution in [0.4, 0.5) is 0 Å². The topological polar surface area (TPSA) is 113 Å². The Balaban J connectivity index is 2.09. The molecule has 0 bridgehead atoms. The largest absolute Gasteiger partial charge is 0.420 e. The minimum absolute atomic E-state index is 0.0471. The van der Waals surface area contributed by atoms with Gasteiger partial charge in [-0.2, -0.15) is 0 Å². The second kappa shape index (κ2) is 6.13. The number of aldehydes is 1. The predicted molar refractivity (Wildman–Crippen MR) is 79.3 cm³/mol. The van der Waals surface area contributed by atoms with Gasteiger partial charge in [-0.1, -0.05) is 30.3 Å². The van der Waals surface area contributed by atoms with Crippen molar-refractivity contribution < 1.29 is 27.5 Å². The van der Waals surface area contributed by atoms with Crippen LogP contribution >= 0.6 is 0 Å². The molecule has 0 aliphatic rings. The molecule has 0 aliphatic heterocycles. The van der Waals surface area contributed by atoms with Crippen LogP contribution in [0.2, 0.25) is 0 Å². The van der Waals surface area contributed by atoms with Crippen molar-refractivity contribution in [3.05, 3.63) is 65.4 Å². The Labute approximate surface area is 136 Å². The molecule has 0 N–H and O–H groups in total. The Bertz CT molecular complexity index is 982. The molecule has 0 atom stereocenters. The van der Waals surface area contributed by atoms with Crippen LogP contribution in [0.3, 0.4) is 0 Å². The summed E-state index contributed by atoms with van der Waals surface area (Å²) >= 11 is 0. The van der Waals surface area contributed by atoms with E-state index in [0.29, 0.717) is 6.29 Å². The van der Waals surface area contributed by atoms with Crippen LogP contribution in [0.1, 0.15) is 10.4 Å². The van der Waals surface area contributed by atoms with Gasteiger partial charge in [-0.25, -0.2) is 8.42 Å². The van der Waals surface area contributed by atoms with Crippen LogP contribution in [0, 0.1) is 5.21 Å². The van der Waals surface area contributed by atoms with E-state index in [1.54, 1.807) is 18.2 Å². The van der Waals surface area contributed by atoms with E-state index in [1.165, 1.54) is 36.4 Å². The van der Waals surface area contributed by atoms with Gasteiger partial charge in [-0.3, -0.25) is 9.42 Å². The number of rotatable bonds is 5. The van der Waals surface area contributed by atoms with E-state index in [-0.39, 0.29) is 21.1 Å². The quantitative estimate of drug-likeness (QED) is 0.510. The predicted octanol–water partition coefficient (Wildman–Crippen LogP) is 1.75. The second-order valence-electron chi connectivity index (χ2n) is 4.61. The van der Waals surface area contributed by atoms with E-state index in [2.05, 4.69) is 9.79 Å². The van der Waals surface area contributed by atoms with Gasteiger partial charge in [0.2, 0.25) is 0 Å². The molecule has 0 fully saturated rings. The van der Waals surface area contributed by atoms with Crippen molar-refractivity contribution >= 4 is 16.1 Å². The average molecular weight is 346 g/mol. The molecule has 2 aromatic carbocycles. The zero-order valence-electron chi connectivity index (χ0n) is 12.0. The highest BCUT2D eigenvalue weighted by Crippen LogP contribution is 2.29. The molecule has 0 saturated heterocycles. The number of sulfone groups is 1. The maximum Gasteiger partial charge on any atom is 0.420 e. The molecule has 1 heterocycles. The highest BCUT2D eigenvalue weighted by molar-refractivity contribution is 7.91. The fourth-order valence-corrected chi connectivity index (χ4v) is 3.27. The summed E-state index contributed by atoms with van der Waals surface area (Å²) in [7, 11) is -4.22. The number of hydrogen-bond donors (Lipinski definition) is 0. The SMILES string of the molecule is O=Cc1ccccc1Oc1no[n+]([O-])c1S(=O)(=O)c1ccccc1. The lowest BCUT2D eigenvalue weighted by Crippen LogP contribution is -2.30. The van der Waals surface area contributed by atoms with Gasteiger partial charge in [-0.15, -0.1) is 0 Å². The molecule has 1 aromatic heterocycles. The second-order valence-corrected chi connectivity index (χ2v) is 6.48. The van der Waals surface area contributed by atoms with E-state index in [9.17, 15) is 18.4 Å². The van der Waals surface area contributed by atoms with Crippen molar-refractivity contribution in [3.63, 3.8) is 0 Å². The molecule has 0 unspecified atom stereocenters. The van der Waals surface area contributed by atoms with Gasteiger partial charge in [0.15, 0.2) is 6.29 Å². The smallest absolute Gasteiger partial charge is 0.414 e. The summed E-state index contributed by atoms with van der Waals surface area (Å²) < 4.78 is 34.9. The minimum Gasteiger partial charge on any atom is -0.414 e. The molecule has 3 rings (SSSR count). The molecule has 9 heteroatoms. The van der Waals surface area contributed by atoms with Crippen molar-refractivity contribution in [3.8, 4) is 11.6 Å². The number of benzene rings is 2. The summed E-state index contributed by atoms with van der Waals surface area (Å²) in [5.41, 5.74) is 0.168. The van der Waals surface area contributed by atoms with Gasteiger partial charge in [0, 0.05) is 0 Å². The van der Waals surface area contributed by atoms with Crippen LogP contribution in [-0.2, 0) is 9.84 Å². The Morgan fingerprint density at radius 2 is 1.75 bits per heavy atom. The normalized spacial score (nSPS) is 11.2. The van der Waals surface area contributed by atoms with E-state index in [1.807, 2.05) is 0 Å². The highest BCUT2D eigenvalue weighted by atomic mass is 32.2. The lowest BCUT2D eigenvalue weighted by molar-refractivity contribution is -0.832. The van der Waals surface area contributed by atoms with Gasteiger partial charge in [-0.05, 0) is 29.2 Å². The number of carbonyl (C=O) groups is 1. The Kier molecular flexibility index (Phi) is 4.00. The third kappa shape index (κ3) is 2.72. The monoisotopic (exact) mass is 346 g/mol. The van der Waals surface area contributed by atoms with Crippen molar-refractivity contribution in [2.24, 2.45) is 0 Å². The first-order valence-corrected chi connectivity index (χ1v) is 8.14. The fraction of sp³-hybridized carbons (Fsp3) is 0. The maximum absolute atomic E-state index is 12.6. The summed E-state index contributed by atoms with van der Waals surface area (Å²) in [6, 6.07) is 13.4. The first kappa shape index (κ1) is 15.7. The number of aromatic nitrogens is 2. The molecule has 8 nitrogen and oxygen atoms in total. The summed E-state index contributed by atoms with van der Waals surface area (Å²) in [4.78, 5) is 10.6. The van der Waals surface area contributed by atoms with Crippen LogP contribution in [0.15, 0.2) is 69.1 Å². The van der Waals surface area contributed by atoms with E-state index >= 15 is 0 Å². The van der Waals surface area contributed by atoms with Crippen LogP contribution < -0.4 is 9.64 Å². The third-order valence-corrected chi connectivity index (χ3v) is 4.83. The molecule has 122 valence electrons. The number of ether oxygens (including phenoxy) is 1. The Morgan fingerprint density at radius 1 is 1.08 bits per heavy atom. The van der Waals surface area contributed by atoms with Crippen LogP contribution in [0.25, 0.3) is 0 Å². The number of nitrogens with zero attached hydrogens (tertiary/aromatic N) is 2. The molecule has 3 aromatic rings. The molecule has 0 aliphatic carbocycles.